The van der Waals surface area contributed by atoms with Crippen molar-refractivity contribution in [3.05, 3.63) is 0 Å². The van der Waals surface area contributed by atoms with Crippen molar-refractivity contribution in [3.8, 4) is 0 Å². The van der Waals surface area contributed by atoms with Gasteiger partial charge in [0.1, 0.15) is 11.2 Å². The van der Waals surface area contributed by atoms with E-state index in [1.54, 1.807) is 0 Å². The SMILES string of the molecule is CC(C)(C)OC(=O)N1C2CCC(C2)N1C(=O)OC(C)(C)C. The molecule has 2 fully saturated rings. The molecule has 2 amide bonds. The van der Waals surface area contributed by atoms with Gasteiger partial charge in [0.15, 0.2) is 0 Å². The molecule has 6 nitrogen and oxygen atoms in total. The first-order chi connectivity index (χ1) is 9.48. The first-order valence-corrected chi connectivity index (χ1v) is 7.52. The third-order valence-corrected chi connectivity index (χ3v) is 3.46. The number of ether oxygens (including phenoxy) is 2. The highest BCUT2D eigenvalue weighted by Crippen LogP contribution is 2.39. The van der Waals surface area contributed by atoms with Crippen LogP contribution < -0.4 is 0 Å². The van der Waals surface area contributed by atoms with Gasteiger partial charge in [0.25, 0.3) is 0 Å². The minimum absolute atomic E-state index is 0.0392. The van der Waals surface area contributed by atoms with Crippen molar-refractivity contribution in [2.75, 3.05) is 0 Å². The molecule has 1 heterocycles. The maximum Gasteiger partial charge on any atom is 0.429 e. The average molecular weight is 298 g/mol. The summed E-state index contributed by atoms with van der Waals surface area (Å²) in [4.78, 5) is 24.8. The highest BCUT2D eigenvalue weighted by atomic mass is 16.6. The summed E-state index contributed by atoms with van der Waals surface area (Å²) >= 11 is 0. The second-order valence-corrected chi connectivity index (χ2v) is 7.77. The predicted octanol–water partition coefficient (Wildman–Crippen LogP) is 3.31. The van der Waals surface area contributed by atoms with Gasteiger partial charge < -0.3 is 9.47 Å². The predicted molar refractivity (Wildman–Crippen MR) is 77.6 cm³/mol. The Morgan fingerprint density at radius 1 is 0.810 bits per heavy atom. The van der Waals surface area contributed by atoms with Gasteiger partial charge in [-0.2, -0.15) is 0 Å². The Bertz CT molecular complexity index is 396. The molecule has 120 valence electrons. The van der Waals surface area contributed by atoms with Gasteiger partial charge in [-0.1, -0.05) is 0 Å². The quantitative estimate of drug-likeness (QED) is 0.688. The van der Waals surface area contributed by atoms with Crippen molar-refractivity contribution in [2.45, 2.75) is 84.1 Å². The van der Waals surface area contributed by atoms with Crippen LogP contribution in [-0.4, -0.2) is 45.5 Å². The van der Waals surface area contributed by atoms with E-state index in [-0.39, 0.29) is 12.1 Å². The number of rotatable bonds is 0. The summed E-state index contributed by atoms with van der Waals surface area (Å²) in [6.45, 7) is 10.9. The fraction of sp³-hybridized carbons (Fsp3) is 0.867. The lowest BCUT2D eigenvalue weighted by atomic mass is 10.2. The molecule has 2 rings (SSSR count). The van der Waals surface area contributed by atoms with E-state index in [0.717, 1.165) is 19.3 Å². The summed E-state index contributed by atoms with van der Waals surface area (Å²) in [7, 11) is 0. The van der Waals surface area contributed by atoms with Crippen LogP contribution in [0.2, 0.25) is 0 Å². The van der Waals surface area contributed by atoms with Gasteiger partial charge in [-0.05, 0) is 60.8 Å². The fourth-order valence-electron chi connectivity index (χ4n) is 2.82. The maximum atomic E-state index is 12.4. The summed E-state index contributed by atoms with van der Waals surface area (Å²) in [5, 5.41) is 2.90. The average Bonchev–Trinajstić information content (AvgIpc) is 2.82. The Balaban J connectivity index is 2.14. The molecule has 0 aromatic heterocycles. The molecular weight excluding hydrogens is 272 g/mol. The Kier molecular flexibility index (Phi) is 3.84. The van der Waals surface area contributed by atoms with Crippen LogP contribution in [0, 0.1) is 0 Å². The zero-order chi connectivity index (χ0) is 16.0. The van der Waals surface area contributed by atoms with E-state index in [1.165, 1.54) is 10.0 Å². The lowest BCUT2D eigenvalue weighted by molar-refractivity contribution is -0.0750. The molecule has 2 atom stereocenters. The summed E-state index contributed by atoms with van der Waals surface area (Å²) in [6, 6.07) is 0.0785. The van der Waals surface area contributed by atoms with Crippen LogP contribution >= 0.6 is 0 Å². The molecule has 1 saturated heterocycles. The molecule has 0 spiro atoms. The van der Waals surface area contributed by atoms with Crippen LogP contribution in [0.1, 0.15) is 60.8 Å². The first kappa shape index (κ1) is 15.9. The van der Waals surface area contributed by atoms with Crippen LogP contribution in [0.3, 0.4) is 0 Å². The smallest absolute Gasteiger partial charge is 0.429 e. The number of carbonyl (C=O) groups excluding carboxylic acids is 2. The topological polar surface area (TPSA) is 59.1 Å². The second kappa shape index (κ2) is 5.07. The fourth-order valence-corrected chi connectivity index (χ4v) is 2.82. The molecule has 6 heteroatoms. The first-order valence-electron chi connectivity index (χ1n) is 7.52. The van der Waals surface area contributed by atoms with Gasteiger partial charge in [0.2, 0.25) is 0 Å². The van der Waals surface area contributed by atoms with Gasteiger partial charge in [0.05, 0.1) is 12.1 Å². The van der Waals surface area contributed by atoms with E-state index in [9.17, 15) is 9.59 Å². The molecule has 1 saturated carbocycles. The largest absolute Gasteiger partial charge is 0.442 e. The number of amides is 2. The number of fused-ring (bicyclic) bond motifs is 2. The normalized spacial score (nSPS) is 25.2. The summed E-state index contributed by atoms with van der Waals surface area (Å²) in [6.07, 6.45) is 1.67. The van der Waals surface area contributed by atoms with Gasteiger partial charge in [-0.25, -0.2) is 19.6 Å². The monoisotopic (exact) mass is 298 g/mol. The zero-order valence-electron chi connectivity index (χ0n) is 13.8. The van der Waals surface area contributed by atoms with Crippen molar-refractivity contribution in [1.29, 1.82) is 0 Å². The number of nitrogens with zero attached hydrogens (tertiary/aromatic N) is 2. The summed E-state index contributed by atoms with van der Waals surface area (Å²) < 4.78 is 10.8. The van der Waals surface area contributed by atoms with Crippen LogP contribution in [0.15, 0.2) is 0 Å². The van der Waals surface area contributed by atoms with Crippen molar-refractivity contribution >= 4 is 12.2 Å². The molecule has 1 aliphatic carbocycles. The maximum absolute atomic E-state index is 12.4. The van der Waals surface area contributed by atoms with Crippen molar-refractivity contribution in [3.63, 3.8) is 0 Å². The van der Waals surface area contributed by atoms with Gasteiger partial charge >= 0.3 is 12.2 Å². The van der Waals surface area contributed by atoms with E-state index in [1.807, 2.05) is 41.5 Å². The van der Waals surface area contributed by atoms with Crippen LogP contribution in [-0.2, 0) is 9.47 Å². The molecule has 2 aliphatic rings. The number of hydrogen-bond acceptors (Lipinski definition) is 4. The molecular formula is C15H26N2O4. The molecule has 2 bridgehead atoms. The van der Waals surface area contributed by atoms with Crippen molar-refractivity contribution in [2.24, 2.45) is 0 Å². The minimum atomic E-state index is -0.585. The van der Waals surface area contributed by atoms with Crippen LogP contribution in [0.25, 0.3) is 0 Å². The standard InChI is InChI=1S/C15H26N2O4/c1-14(2,3)20-12(18)16-10-7-8-11(9-10)17(16)13(19)21-15(4,5)6/h10-11H,7-9H2,1-6H3. The van der Waals surface area contributed by atoms with Crippen LogP contribution in [0.5, 0.6) is 0 Å². The Labute approximate surface area is 126 Å². The molecule has 0 aromatic rings. The van der Waals surface area contributed by atoms with E-state index in [4.69, 9.17) is 9.47 Å². The minimum Gasteiger partial charge on any atom is -0.442 e. The Hall–Kier alpha value is -1.46. The van der Waals surface area contributed by atoms with Crippen molar-refractivity contribution in [1.82, 2.24) is 10.0 Å². The molecule has 0 N–H and O–H groups in total. The van der Waals surface area contributed by atoms with Crippen LogP contribution in [0.4, 0.5) is 9.59 Å². The lowest BCUT2D eigenvalue weighted by Gasteiger charge is -2.38. The van der Waals surface area contributed by atoms with Crippen molar-refractivity contribution < 1.29 is 19.1 Å². The van der Waals surface area contributed by atoms with Gasteiger partial charge in [-0.3, -0.25) is 0 Å². The Morgan fingerprint density at radius 2 is 1.14 bits per heavy atom. The summed E-state index contributed by atoms with van der Waals surface area (Å²) in [5.74, 6) is 0. The number of carbonyl (C=O) groups is 2. The number of hydrazine groups is 1. The van der Waals surface area contributed by atoms with E-state index < -0.39 is 23.4 Å². The highest BCUT2D eigenvalue weighted by molar-refractivity contribution is 5.76. The second-order valence-electron chi connectivity index (χ2n) is 7.77. The van der Waals surface area contributed by atoms with E-state index in [0.29, 0.717) is 0 Å². The lowest BCUT2D eigenvalue weighted by Crippen LogP contribution is -2.55. The molecule has 21 heavy (non-hydrogen) atoms. The van der Waals surface area contributed by atoms with E-state index >= 15 is 0 Å². The third-order valence-electron chi connectivity index (χ3n) is 3.46. The molecule has 1 aliphatic heterocycles. The zero-order valence-corrected chi connectivity index (χ0v) is 13.8. The molecule has 0 aromatic carbocycles. The highest BCUT2D eigenvalue weighted by Gasteiger charge is 2.51. The Morgan fingerprint density at radius 3 is 1.43 bits per heavy atom. The molecule has 2 unspecified atom stereocenters. The van der Waals surface area contributed by atoms with Gasteiger partial charge in [-0.15, -0.1) is 0 Å². The summed E-state index contributed by atoms with van der Waals surface area (Å²) in [5.41, 5.74) is -1.17. The number of hydrogen-bond donors (Lipinski definition) is 0. The third kappa shape index (κ3) is 3.60. The van der Waals surface area contributed by atoms with Gasteiger partial charge in [0, 0.05) is 0 Å². The molecule has 0 radical (unpaired) electrons. The van der Waals surface area contributed by atoms with E-state index in [2.05, 4.69) is 0 Å².